The number of ether oxygens (including phenoxy) is 2. The van der Waals surface area contributed by atoms with Gasteiger partial charge in [-0.2, -0.15) is 0 Å². The molecule has 6 atom stereocenters. The smallest absolute Gasteiger partial charge is 0.352 e. The maximum atomic E-state index is 14.2. The number of hydrogen-bond acceptors (Lipinski definition) is 12. The Bertz CT molecular complexity index is 3390. The number of pyridine rings is 2. The van der Waals surface area contributed by atoms with Crippen LogP contribution in [0.4, 0.5) is 11.4 Å². The van der Waals surface area contributed by atoms with E-state index in [0.29, 0.717) is 43.8 Å². The summed E-state index contributed by atoms with van der Waals surface area (Å²) >= 11 is 5.67. The maximum absolute atomic E-state index is 14.2. The summed E-state index contributed by atoms with van der Waals surface area (Å²) in [6.45, 7) is 3.35. The van der Waals surface area contributed by atoms with Crippen molar-refractivity contribution in [1.82, 2.24) is 34.9 Å². The molecule has 5 unspecified atom stereocenters. The standard InChI is InChI=1S/C51H47N9O10S3/c1-28(2)44(49(65)70-46-37-22-42-45-31(18-29-10-6-7-17-39(29)55-45)25-60(42)48(64)38(37)26-69-50(46)66)57-47(63)41(21-34-24-52-27-53-34)56-51(71)54-32-12-9-16-36(20-32)73(68)58-33-13-8-11-30(19-33)40(23-43(61)62)59-72(67)35-14-4-3-5-15-35/h3-20,22,24,27-28,40-41,44,46,58-59H,21,23,25-26H2,1-2H3,(H,52,53)(H,57,63)(H,61,62)(H2,54,56,71)/t40?,41-,44?,46?,72?,73?/m0/s1. The van der Waals surface area contributed by atoms with Gasteiger partial charge in [-0.15, -0.1) is 0 Å². The van der Waals surface area contributed by atoms with Crippen LogP contribution in [-0.2, 0) is 70.2 Å². The largest absolute Gasteiger partial charge is 0.481 e. The Balaban J connectivity index is 0.870. The Labute approximate surface area is 427 Å². The Hall–Kier alpha value is -7.92. The maximum Gasteiger partial charge on any atom is 0.352 e. The van der Waals surface area contributed by atoms with Crippen LogP contribution in [0.5, 0.6) is 0 Å². The second-order valence-corrected chi connectivity index (χ2v) is 20.4. The molecule has 0 radical (unpaired) electrons. The van der Waals surface area contributed by atoms with Gasteiger partial charge in [0.25, 0.3) is 5.56 Å². The summed E-state index contributed by atoms with van der Waals surface area (Å²) < 4.78 is 45.4. The summed E-state index contributed by atoms with van der Waals surface area (Å²) in [5, 5.41) is 19.4. The number of esters is 2. The number of para-hydroxylation sites is 1. The normalized spacial score (nSPS) is 15.6. The highest BCUT2D eigenvalue weighted by Gasteiger charge is 2.40. The van der Waals surface area contributed by atoms with Gasteiger partial charge in [-0.05, 0) is 84.4 Å². The number of anilines is 2. The molecule has 7 N–H and O–H groups in total. The van der Waals surface area contributed by atoms with Crippen molar-refractivity contribution in [3.63, 3.8) is 0 Å². The third-order valence-corrected chi connectivity index (χ3v) is 14.6. The molecule has 0 bridgehead atoms. The van der Waals surface area contributed by atoms with E-state index < -0.39 is 81.5 Å². The molecule has 0 spiro atoms. The molecule has 22 heteroatoms. The van der Waals surface area contributed by atoms with Crippen LogP contribution in [0, 0.1) is 5.92 Å². The van der Waals surface area contributed by atoms with E-state index in [-0.39, 0.29) is 42.2 Å². The number of nitrogens with one attached hydrogen (secondary N) is 6. The fourth-order valence-corrected chi connectivity index (χ4v) is 10.7. The van der Waals surface area contributed by atoms with Crippen molar-refractivity contribution in [2.75, 3.05) is 10.0 Å². The quantitative estimate of drug-likeness (QED) is 0.0414. The van der Waals surface area contributed by atoms with E-state index in [2.05, 4.69) is 35.4 Å². The summed E-state index contributed by atoms with van der Waals surface area (Å²) in [5.74, 6) is -4.11. The second kappa shape index (κ2) is 21.8. The van der Waals surface area contributed by atoms with Crippen LogP contribution in [0.3, 0.4) is 0 Å². The van der Waals surface area contributed by atoms with Crippen molar-refractivity contribution in [3.8, 4) is 11.4 Å². The summed E-state index contributed by atoms with van der Waals surface area (Å²) in [5.41, 5.74) is 4.45. The van der Waals surface area contributed by atoms with Gasteiger partial charge in [-0.25, -0.2) is 32.7 Å². The Morgan fingerprint density at radius 3 is 2.42 bits per heavy atom. The van der Waals surface area contributed by atoms with Crippen LogP contribution in [0.15, 0.2) is 142 Å². The zero-order valence-electron chi connectivity index (χ0n) is 39.0. The summed E-state index contributed by atoms with van der Waals surface area (Å²) in [6, 6.07) is 29.7. The van der Waals surface area contributed by atoms with E-state index in [1.165, 1.54) is 12.5 Å². The van der Waals surface area contributed by atoms with E-state index in [0.717, 1.165) is 16.5 Å². The van der Waals surface area contributed by atoms with Crippen molar-refractivity contribution in [1.29, 1.82) is 0 Å². The van der Waals surface area contributed by atoms with Crippen molar-refractivity contribution in [2.45, 2.75) is 73.9 Å². The molecule has 1 amide bonds. The van der Waals surface area contributed by atoms with Gasteiger partial charge in [-0.3, -0.25) is 14.4 Å². The van der Waals surface area contributed by atoms with Gasteiger partial charge in [-0.1, -0.05) is 68.4 Å². The molecule has 374 valence electrons. The minimum Gasteiger partial charge on any atom is -0.481 e. The molecule has 73 heavy (non-hydrogen) atoms. The van der Waals surface area contributed by atoms with Crippen LogP contribution >= 0.6 is 12.2 Å². The Kier molecular flexibility index (Phi) is 15.0. The van der Waals surface area contributed by atoms with Gasteiger partial charge >= 0.3 is 17.9 Å². The van der Waals surface area contributed by atoms with Crippen LogP contribution in [0.1, 0.15) is 60.4 Å². The zero-order valence-corrected chi connectivity index (χ0v) is 41.5. The van der Waals surface area contributed by atoms with E-state index in [9.17, 15) is 37.5 Å². The van der Waals surface area contributed by atoms with Crippen LogP contribution in [0.2, 0.25) is 0 Å². The van der Waals surface area contributed by atoms with Gasteiger partial charge < -0.3 is 44.8 Å². The van der Waals surface area contributed by atoms with Crippen molar-refractivity contribution < 1.29 is 42.2 Å². The minimum absolute atomic E-state index is 0.00114. The van der Waals surface area contributed by atoms with Gasteiger partial charge in [0.1, 0.15) is 40.7 Å². The van der Waals surface area contributed by atoms with E-state index in [1.54, 1.807) is 103 Å². The summed E-state index contributed by atoms with van der Waals surface area (Å²) in [4.78, 5) is 80.1. The third-order valence-electron chi connectivity index (χ3n) is 12.1. The molecule has 9 rings (SSSR count). The molecule has 4 aromatic carbocycles. The number of carboxylic acid groups (broad SMARTS) is 1. The number of aromatic amines is 1. The average Bonchev–Trinajstić information content (AvgIpc) is 4.03. The van der Waals surface area contributed by atoms with E-state index in [1.807, 2.05) is 30.3 Å². The first-order valence-electron chi connectivity index (χ1n) is 22.9. The monoisotopic (exact) mass is 1040 g/mol. The third kappa shape index (κ3) is 11.4. The van der Waals surface area contributed by atoms with Gasteiger partial charge in [0.05, 0.1) is 57.6 Å². The fourth-order valence-electron chi connectivity index (χ4n) is 8.48. The van der Waals surface area contributed by atoms with Crippen molar-refractivity contribution in [2.24, 2.45) is 5.92 Å². The number of aliphatic carboxylic acids is 1. The number of benzene rings is 4. The molecule has 2 aliphatic heterocycles. The number of carboxylic acids is 1. The first-order chi connectivity index (χ1) is 35.2. The second-order valence-electron chi connectivity index (χ2n) is 17.5. The number of aromatic nitrogens is 4. The number of imidazole rings is 1. The number of carbonyl (C=O) groups is 4. The predicted octanol–water partition coefficient (Wildman–Crippen LogP) is 5.49. The number of nitrogens with zero attached hydrogens (tertiary/aromatic N) is 3. The van der Waals surface area contributed by atoms with Crippen LogP contribution in [-0.4, -0.2) is 74.1 Å². The average molecular weight is 1040 g/mol. The molecular weight excluding hydrogens is 995 g/mol. The number of cyclic esters (lactones) is 1. The molecule has 7 aromatic rings. The molecule has 2 aliphatic rings. The lowest BCUT2D eigenvalue weighted by Crippen LogP contribution is -2.55. The number of thiocarbonyl (C=S) groups is 1. The number of hydrogen-bond donors (Lipinski definition) is 7. The Morgan fingerprint density at radius 2 is 1.66 bits per heavy atom. The summed E-state index contributed by atoms with van der Waals surface area (Å²) in [7, 11) is -3.55. The highest BCUT2D eigenvalue weighted by molar-refractivity contribution is 7.86. The van der Waals surface area contributed by atoms with Crippen LogP contribution in [0.25, 0.3) is 22.3 Å². The molecule has 5 heterocycles. The minimum atomic E-state index is -1.84. The van der Waals surface area contributed by atoms with Gasteiger partial charge in [0.15, 0.2) is 5.11 Å². The number of fused-ring (bicyclic) bond motifs is 5. The predicted molar refractivity (Wildman–Crippen MR) is 275 cm³/mol. The van der Waals surface area contributed by atoms with E-state index >= 15 is 0 Å². The topological polar surface area (TPSA) is 265 Å². The van der Waals surface area contributed by atoms with Crippen LogP contribution < -0.4 is 31.0 Å². The number of amides is 1. The first-order valence-corrected chi connectivity index (χ1v) is 25.6. The highest BCUT2D eigenvalue weighted by Crippen LogP contribution is 2.37. The molecule has 0 aliphatic carbocycles. The number of rotatable bonds is 18. The lowest BCUT2D eigenvalue weighted by molar-refractivity contribution is -0.173. The summed E-state index contributed by atoms with van der Waals surface area (Å²) in [6.07, 6.45) is 1.05. The molecular formula is C51H47N9O10S3. The molecule has 0 saturated heterocycles. The molecule has 19 nitrogen and oxygen atoms in total. The Morgan fingerprint density at radius 1 is 0.904 bits per heavy atom. The molecule has 0 fully saturated rings. The fraction of sp³-hybridized carbons (Fsp3) is 0.216. The van der Waals surface area contributed by atoms with E-state index in [4.69, 9.17) is 26.7 Å². The van der Waals surface area contributed by atoms with Gasteiger partial charge in [0.2, 0.25) is 12.0 Å². The lowest BCUT2D eigenvalue weighted by Gasteiger charge is -2.29. The number of H-pyrrole nitrogens is 1. The zero-order chi connectivity index (χ0) is 51.3. The number of carbonyl (C=O) groups excluding carboxylic acids is 3. The highest BCUT2D eigenvalue weighted by atomic mass is 32.2. The first kappa shape index (κ1) is 50.0. The van der Waals surface area contributed by atoms with Gasteiger partial charge in [0, 0.05) is 46.2 Å². The van der Waals surface area contributed by atoms with Crippen molar-refractivity contribution in [3.05, 3.63) is 166 Å². The van der Waals surface area contributed by atoms with Crippen molar-refractivity contribution >= 4 is 85.4 Å². The lowest BCUT2D eigenvalue weighted by atomic mass is 9.99. The molecule has 3 aromatic heterocycles. The molecule has 0 saturated carbocycles. The SMILES string of the molecule is CC(C)C(NC(=O)[C@H](Cc1cnc[nH]1)NC(=S)Nc1cccc(S(=O)Nc2cccc(C(CC(=O)O)NS(=O)c3ccccc3)c2)c1)C(=O)OC1C(=O)OCc2c1cc1n(c2=O)Cc2cc3ccccc3nc2-1.